The lowest BCUT2D eigenvalue weighted by atomic mass is 9.87. The highest BCUT2D eigenvalue weighted by atomic mass is 16.5. The molecular weight excluding hydrogens is 294 g/mol. The van der Waals surface area contributed by atoms with Crippen LogP contribution in [0.25, 0.3) is 0 Å². The fraction of sp³-hybridized carbons (Fsp3) is 1.00. The molecule has 0 aromatic heterocycles. The molecule has 2 aliphatic rings. The van der Waals surface area contributed by atoms with E-state index in [1.807, 2.05) is 0 Å². The van der Waals surface area contributed by atoms with Crippen LogP contribution in [0.5, 0.6) is 0 Å². The number of ether oxygens (including phenoxy) is 1. The number of nitrogens with zero attached hydrogens (tertiary/aromatic N) is 1. The van der Waals surface area contributed by atoms with E-state index < -0.39 is 0 Å². The first kappa shape index (κ1) is 22.0. The number of hydrogen-bond acceptors (Lipinski definition) is 2. The van der Waals surface area contributed by atoms with Gasteiger partial charge in [0.05, 0.1) is 12.2 Å². The second kappa shape index (κ2) is 12.3. The van der Waals surface area contributed by atoms with Crippen LogP contribution in [0.4, 0.5) is 0 Å². The molecule has 0 radical (unpaired) electrons. The van der Waals surface area contributed by atoms with Crippen molar-refractivity contribution in [2.45, 2.75) is 105 Å². The molecule has 1 saturated heterocycles. The van der Waals surface area contributed by atoms with Crippen LogP contribution in [0.3, 0.4) is 0 Å². The van der Waals surface area contributed by atoms with Gasteiger partial charge in [-0.05, 0) is 96.2 Å². The van der Waals surface area contributed by atoms with Gasteiger partial charge in [-0.3, -0.25) is 0 Å². The maximum Gasteiger partial charge on any atom is 0.0578 e. The number of hydrogen-bond donors (Lipinski definition) is 0. The van der Waals surface area contributed by atoms with E-state index in [1.165, 1.54) is 71.0 Å². The van der Waals surface area contributed by atoms with Crippen molar-refractivity contribution >= 4 is 0 Å². The molecule has 144 valence electrons. The monoisotopic (exact) mass is 339 g/mol. The molecule has 2 heteroatoms. The van der Waals surface area contributed by atoms with E-state index in [4.69, 9.17) is 4.74 Å². The Morgan fingerprint density at radius 3 is 1.96 bits per heavy atom. The van der Waals surface area contributed by atoms with Gasteiger partial charge in [-0.1, -0.05) is 34.1 Å². The molecule has 2 rings (SSSR count). The molecule has 0 aromatic carbocycles. The molecule has 24 heavy (non-hydrogen) atoms. The van der Waals surface area contributed by atoms with Crippen molar-refractivity contribution in [2.75, 3.05) is 19.6 Å². The third-order valence-corrected chi connectivity index (χ3v) is 5.83. The molecule has 0 unspecified atom stereocenters. The highest BCUT2D eigenvalue weighted by Crippen LogP contribution is 2.26. The van der Waals surface area contributed by atoms with Crippen molar-refractivity contribution in [2.24, 2.45) is 17.8 Å². The average molecular weight is 340 g/mol. The summed E-state index contributed by atoms with van der Waals surface area (Å²) in [5, 5.41) is 0. The zero-order valence-electron chi connectivity index (χ0n) is 17.5. The maximum absolute atomic E-state index is 5.74. The summed E-state index contributed by atoms with van der Waals surface area (Å²) in [6.07, 6.45) is 11.8. The van der Waals surface area contributed by atoms with Gasteiger partial charge in [0.1, 0.15) is 0 Å². The minimum absolute atomic E-state index is 0.411. The lowest BCUT2D eigenvalue weighted by Gasteiger charge is -2.33. The molecule has 2 fully saturated rings. The second-order valence-electron chi connectivity index (χ2n) is 8.84. The highest BCUT2D eigenvalue weighted by molar-refractivity contribution is 4.74. The van der Waals surface area contributed by atoms with Crippen LogP contribution in [-0.2, 0) is 4.74 Å². The van der Waals surface area contributed by atoms with Gasteiger partial charge >= 0.3 is 0 Å². The van der Waals surface area contributed by atoms with E-state index in [0.29, 0.717) is 12.2 Å². The van der Waals surface area contributed by atoms with Gasteiger partial charge < -0.3 is 9.64 Å². The van der Waals surface area contributed by atoms with Gasteiger partial charge in [-0.2, -0.15) is 0 Å². The van der Waals surface area contributed by atoms with Gasteiger partial charge in [0, 0.05) is 0 Å². The van der Waals surface area contributed by atoms with Crippen LogP contribution in [0.2, 0.25) is 0 Å². The summed E-state index contributed by atoms with van der Waals surface area (Å²) in [7, 11) is 0. The lowest BCUT2D eigenvalue weighted by Crippen LogP contribution is -2.35. The SMILES string of the molecule is CC1CCC(OC(C)C)CC1.CCCCN1CCC(C(C)C)CC1. The number of rotatable bonds is 6. The normalized spacial score (nSPS) is 26.5. The summed E-state index contributed by atoms with van der Waals surface area (Å²) in [6.45, 7) is 17.6. The standard InChI is InChI=1S/C12H25N.C10H20O/c1-4-5-8-13-9-6-12(7-10-13)11(2)3;1-8(2)11-10-6-4-9(3)5-7-10/h11-12H,4-10H2,1-3H3;8-10H,4-7H2,1-3H3. The van der Waals surface area contributed by atoms with Gasteiger partial charge in [0.15, 0.2) is 0 Å². The second-order valence-corrected chi connectivity index (χ2v) is 8.84. The summed E-state index contributed by atoms with van der Waals surface area (Å²) in [5.74, 6) is 2.83. The molecule has 1 heterocycles. The molecule has 0 bridgehead atoms. The van der Waals surface area contributed by atoms with E-state index in [1.54, 1.807) is 0 Å². The first-order valence-corrected chi connectivity index (χ1v) is 10.8. The van der Waals surface area contributed by atoms with Gasteiger partial charge in [-0.25, -0.2) is 0 Å². The van der Waals surface area contributed by atoms with Crippen molar-refractivity contribution < 1.29 is 4.74 Å². The van der Waals surface area contributed by atoms with Crippen LogP contribution in [0.1, 0.15) is 92.9 Å². The van der Waals surface area contributed by atoms with Crippen LogP contribution in [0, 0.1) is 17.8 Å². The summed E-state index contributed by atoms with van der Waals surface area (Å²) >= 11 is 0. The third kappa shape index (κ3) is 9.42. The van der Waals surface area contributed by atoms with Crippen molar-refractivity contribution in [3.05, 3.63) is 0 Å². The molecule has 2 nitrogen and oxygen atoms in total. The molecule has 1 aliphatic heterocycles. The Morgan fingerprint density at radius 2 is 1.50 bits per heavy atom. The predicted octanol–water partition coefficient (Wildman–Crippen LogP) is 6.14. The highest BCUT2D eigenvalue weighted by Gasteiger charge is 2.21. The molecule has 0 aromatic rings. The van der Waals surface area contributed by atoms with Crippen LogP contribution >= 0.6 is 0 Å². The molecular formula is C22H45NO. The molecule has 0 N–H and O–H groups in total. The van der Waals surface area contributed by atoms with Crippen molar-refractivity contribution in [1.29, 1.82) is 0 Å². The Bertz CT molecular complexity index is 286. The van der Waals surface area contributed by atoms with E-state index in [9.17, 15) is 0 Å². The summed E-state index contributed by atoms with van der Waals surface area (Å²) in [5.41, 5.74) is 0. The number of unbranched alkanes of at least 4 members (excludes halogenated alkanes) is 1. The predicted molar refractivity (Wildman–Crippen MR) is 107 cm³/mol. The Hall–Kier alpha value is -0.0800. The van der Waals surface area contributed by atoms with Crippen LogP contribution in [0.15, 0.2) is 0 Å². The van der Waals surface area contributed by atoms with Gasteiger partial charge in [-0.15, -0.1) is 0 Å². The molecule has 1 aliphatic carbocycles. The zero-order chi connectivity index (χ0) is 17.9. The number of likely N-dealkylation sites (tertiary alicyclic amines) is 1. The minimum atomic E-state index is 0.411. The van der Waals surface area contributed by atoms with E-state index >= 15 is 0 Å². The Balaban J connectivity index is 0.000000243. The fourth-order valence-corrected chi connectivity index (χ4v) is 3.98. The van der Waals surface area contributed by atoms with Crippen molar-refractivity contribution in [3.63, 3.8) is 0 Å². The molecule has 0 atom stereocenters. The summed E-state index contributed by atoms with van der Waals surface area (Å²) in [4.78, 5) is 2.64. The quantitative estimate of drug-likeness (QED) is 0.576. The van der Waals surface area contributed by atoms with Crippen molar-refractivity contribution in [1.82, 2.24) is 4.90 Å². The lowest BCUT2D eigenvalue weighted by molar-refractivity contribution is -0.0183. The Morgan fingerprint density at radius 1 is 0.917 bits per heavy atom. The van der Waals surface area contributed by atoms with Crippen molar-refractivity contribution in [3.8, 4) is 0 Å². The van der Waals surface area contributed by atoms with Crippen LogP contribution in [-0.4, -0.2) is 36.7 Å². The average Bonchev–Trinajstić information content (AvgIpc) is 2.55. The summed E-state index contributed by atoms with van der Waals surface area (Å²) in [6, 6.07) is 0. The summed E-state index contributed by atoms with van der Waals surface area (Å²) < 4.78 is 5.74. The largest absolute Gasteiger partial charge is 0.376 e. The molecule has 1 saturated carbocycles. The first-order chi connectivity index (χ1) is 11.4. The Labute approximate surface area is 152 Å². The van der Waals surface area contributed by atoms with Gasteiger partial charge in [0.2, 0.25) is 0 Å². The first-order valence-electron chi connectivity index (χ1n) is 10.8. The van der Waals surface area contributed by atoms with E-state index in [0.717, 1.165) is 17.8 Å². The molecule has 0 amide bonds. The number of piperidine rings is 1. The molecule has 0 spiro atoms. The maximum atomic E-state index is 5.74. The van der Waals surface area contributed by atoms with E-state index in [2.05, 4.69) is 46.4 Å². The zero-order valence-corrected chi connectivity index (χ0v) is 17.5. The topological polar surface area (TPSA) is 12.5 Å². The Kier molecular flexibility index (Phi) is 11.3. The van der Waals surface area contributed by atoms with Gasteiger partial charge in [0.25, 0.3) is 0 Å². The minimum Gasteiger partial charge on any atom is -0.376 e. The fourth-order valence-electron chi connectivity index (χ4n) is 3.98. The smallest absolute Gasteiger partial charge is 0.0578 e. The third-order valence-electron chi connectivity index (χ3n) is 5.83. The van der Waals surface area contributed by atoms with E-state index in [-0.39, 0.29) is 0 Å². The van der Waals surface area contributed by atoms with Crippen LogP contribution < -0.4 is 0 Å².